The zero-order chi connectivity index (χ0) is 13.4. The number of hydrogen-bond acceptors (Lipinski definition) is 6. The molecule has 1 heterocycles. The lowest BCUT2D eigenvalue weighted by molar-refractivity contribution is -0.397. The zero-order valence-corrected chi connectivity index (χ0v) is 10.1. The summed E-state index contributed by atoms with van der Waals surface area (Å²) in [5.41, 5.74) is 0. The van der Waals surface area contributed by atoms with Gasteiger partial charge < -0.3 is 19.6 Å². The van der Waals surface area contributed by atoms with Crippen molar-refractivity contribution in [1.29, 1.82) is 0 Å². The van der Waals surface area contributed by atoms with Gasteiger partial charge in [-0.3, -0.25) is 4.79 Å². The normalized spacial score (nSPS) is 10.3. The van der Waals surface area contributed by atoms with Crippen molar-refractivity contribution in [3.05, 3.63) is 22.5 Å². The highest BCUT2D eigenvalue weighted by Crippen LogP contribution is 2.07. The van der Waals surface area contributed by atoms with Gasteiger partial charge in [0.15, 0.2) is 6.73 Å². The fraction of sp³-hybridized carbons (Fsp3) is 0.600. The number of nitrogens with zero attached hydrogens (tertiary/aromatic N) is 3. The minimum absolute atomic E-state index is 0.0872. The Bertz CT molecular complexity index is 404. The van der Waals surface area contributed by atoms with Crippen molar-refractivity contribution in [3.63, 3.8) is 0 Å². The van der Waals surface area contributed by atoms with Crippen LogP contribution in [0.25, 0.3) is 0 Å². The zero-order valence-electron chi connectivity index (χ0n) is 10.1. The van der Waals surface area contributed by atoms with Crippen LogP contribution in [0.5, 0.6) is 0 Å². The van der Waals surface area contributed by atoms with Crippen molar-refractivity contribution >= 4 is 11.9 Å². The largest absolute Gasteiger partial charge is 0.466 e. The van der Waals surface area contributed by atoms with Gasteiger partial charge in [-0.1, -0.05) is 4.98 Å². The summed E-state index contributed by atoms with van der Waals surface area (Å²) in [5.74, 6) is -0.542. The van der Waals surface area contributed by atoms with Gasteiger partial charge in [-0.05, 0) is 17.8 Å². The first-order valence-corrected chi connectivity index (χ1v) is 5.48. The smallest absolute Gasteiger partial charge is 0.436 e. The number of carbonyl (C=O) groups is 1. The van der Waals surface area contributed by atoms with Crippen molar-refractivity contribution in [3.8, 4) is 0 Å². The number of aromatic nitrogens is 2. The van der Waals surface area contributed by atoms with E-state index in [0.717, 1.165) is 6.42 Å². The van der Waals surface area contributed by atoms with Gasteiger partial charge in [-0.2, -0.15) is 0 Å². The number of nitro groups is 1. The Labute approximate surface area is 104 Å². The Morgan fingerprint density at radius 3 is 2.89 bits per heavy atom. The summed E-state index contributed by atoms with van der Waals surface area (Å²) in [6.07, 6.45) is 4.25. The highest BCUT2D eigenvalue weighted by Gasteiger charge is 2.13. The summed E-state index contributed by atoms with van der Waals surface area (Å²) in [6, 6.07) is 0. The number of esters is 1. The van der Waals surface area contributed by atoms with Gasteiger partial charge in [0.2, 0.25) is 0 Å². The molecule has 0 fully saturated rings. The van der Waals surface area contributed by atoms with Crippen LogP contribution in [0.15, 0.2) is 12.4 Å². The number of imidazole rings is 1. The maximum atomic E-state index is 10.5. The molecule has 1 rings (SSSR count). The third-order valence-corrected chi connectivity index (χ3v) is 2.08. The van der Waals surface area contributed by atoms with E-state index in [1.165, 1.54) is 23.9 Å². The third kappa shape index (κ3) is 4.91. The lowest BCUT2D eigenvalue weighted by Crippen LogP contribution is -2.07. The van der Waals surface area contributed by atoms with E-state index in [9.17, 15) is 14.9 Å². The number of carbonyl (C=O) groups excluding carboxylic acids is 1. The van der Waals surface area contributed by atoms with Crippen LogP contribution in [0.4, 0.5) is 5.95 Å². The average Bonchev–Trinajstić information content (AvgIpc) is 2.75. The first kappa shape index (κ1) is 14.1. The molecule has 1 aromatic heterocycles. The van der Waals surface area contributed by atoms with Gasteiger partial charge in [0.05, 0.1) is 13.2 Å². The molecule has 0 radical (unpaired) electrons. The minimum atomic E-state index is -0.565. The Morgan fingerprint density at radius 1 is 1.50 bits per heavy atom. The summed E-state index contributed by atoms with van der Waals surface area (Å²) in [5, 5.41) is 10.5. The van der Waals surface area contributed by atoms with Crippen LogP contribution in [0.2, 0.25) is 0 Å². The molecule has 0 aromatic carbocycles. The van der Waals surface area contributed by atoms with E-state index in [0.29, 0.717) is 19.6 Å². The van der Waals surface area contributed by atoms with Crippen molar-refractivity contribution < 1.29 is 19.2 Å². The molecule has 0 N–H and O–H groups in total. The molecule has 0 saturated heterocycles. The first-order valence-electron chi connectivity index (χ1n) is 5.48. The second-order valence-corrected chi connectivity index (χ2v) is 3.54. The molecule has 0 aliphatic heterocycles. The quantitative estimate of drug-likeness (QED) is 0.299. The van der Waals surface area contributed by atoms with Crippen LogP contribution in [-0.4, -0.2) is 33.7 Å². The summed E-state index contributed by atoms with van der Waals surface area (Å²) in [4.78, 5) is 24.0. The number of rotatable bonds is 8. The van der Waals surface area contributed by atoms with Crippen LogP contribution < -0.4 is 0 Å². The summed E-state index contributed by atoms with van der Waals surface area (Å²) >= 11 is 0. The standard InChI is InChI=1S/C10H15N3O5/c1-9(14)18-7-3-2-6-17-8-12-5-4-11-10(12)13(15)16/h4-5H,2-3,6-8H2,1H3. The maximum Gasteiger partial charge on any atom is 0.436 e. The van der Waals surface area contributed by atoms with Crippen molar-refractivity contribution in [2.75, 3.05) is 13.2 Å². The molecule has 1 aromatic rings. The Morgan fingerprint density at radius 2 is 2.22 bits per heavy atom. The van der Waals surface area contributed by atoms with E-state index in [4.69, 9.17) is 9.47 Å². The Hall–Kier alpha value is -1.96. The Balaban J connectivity index is 2.12. The molecule has 0 unspecified atom stereocenters. The van der Waals surface area contributed by atoms with E-state index in [2.05, 4.69) is 4.98 Å². The molecule has 0 amide bonds. The summed E-state index contributed by atoms with van der Waals surface area (Å²) < 4.78 is 11.3. The average molecular weight is 257 g/mol. The Kier molecular flexibility index (Phi) is 5.78. The molecule has 0 bridgehead atoms. The van der Waals surface area contributed by atoms with E-state index in [-0.39, 0.29) is 18.6 Å². The molecule has 0 atom stereocenters. The molecule has 0 aliphatic rings. The monoisotopic (exact) mass is 257 g/mol. The fourth-order valence-electron chi connectivity index (χ4n) is 1.26. The number of unbranched alkanes of at least 4 members (excludes halogenated alkanes) is 1. The lowest BCUT2D eigenvalue weighted by Gasteiger charge is -2.04. The second-order valence-electron chi connectivity index (χ2n) is 3.54. The molecule has 0 spiro atoms. The van der Waals surface area contributed by atoms with Crippen molar-refractivity contribution in [2.45, 2.75) is 26.5 Å². The molecule has 8 nitrogen and oxygen atoms in total. The fourth-order valence-corrected chi connectivity index (χ4v) is 1.26. The SMILES string of the molecule is CC(=O)OCCCCOCn1ccnc1[N+](=O)[O-]. The molecule has 0 saturated carbocycles. The van der Waals surface area contributed by atoms with Gasteiger partial charge >= 0.3 is 11.9 Å². The van der Waals surface area contributed by atoms with Crippen LogP contribution in [0.1, 0.15) is 19.8 Å². The molecular formula is C10H15N3O5. The second kappa shape index (κ2) is 7.38. The molecule has 0 aliphatic carbocycles. The first-order chi connectivity index (χ1) is 8.61. The van der Waals surface area contributed by atoms with Crippen molar-refractivity contribution in [1.82, 2.24) is 9.55 Å². The summed E-state index contributed by atoms with van der Waals surface area (Å²) in [6.45, 7) is 2.25. The maximum absolute atomic E-state index is 10.5. The predicted molar refractivity (Wildman–Crippen MR) is 60.7 cm³/mol. The van der Waals surface area contributed by atoms with E-state index in [1.54, 1.807) is 0 Å². The number of ether oxygens (including phenoxy) is 2. The summed E-state index contributed by atoms with van der Waals surface area (Å²) in [7, 11) is 0. The molecule has 18 heavy (non-hydrogen) atoms. The van der Waals surface area contributed by atoms with Gasteiger partial charge in [0.25, 0.3) is 0 Å². The molecular weight excluding hydrogens is 242 g/mol. The van der Waals surface area contributed by atoms with E-state index >= 15 is 0 Å². The van der Waals surface area contributed by atoms with Gasteiger partial charge in [-0.15, -0.1) is 0 Å². The van der Waals surface area contributed by atoms with E-state index in [1.807, 2.05) is 0 Å². The highest BCUT2D eigenvalue weighted by molar-refractivity contribution is 5.65. The third-order valence-electron chi connectivity index (χ3n) is 2.08. The van der Waals surface area contributed by atoms with Gasteiger partial charge in [-0.25, -0.2) is 4.57 Å². The lowest BCUT2D eigenvalue weighted by atomic mass is 10.3. The van der Waals surface area contributed by atoms with Gasteiger partial charge in [0.1, 0.15) is 12.4 Å². The van der Waals surface area contributed by atoms with Crippen LogP contribution in [0, 0.1) is 10.1 Å². The van der Waals surface area contributed by atoms with Crippen LogP contribution in [-0.2, 0) is 21.0 Å². The highest BCUT2D eigenvalue weighted by atomic mass is 16.6. The van der Waals surface area contributed by atoms with E-state index < -0.39 is 4.92 Å². The molecule has 100 valence electrons. The van der Waals surface area contributed by atoms with Crippen molar-refractivity contribution in [2.24, 2.45) is 0 Å². The van der Waals surface area contributed by atoms with Gasteiger partial charge in [0, 0.05) is 6.92 Å². The number of hydrogen-bond donors (Lipinski definition) is 0. The topological polar surface area (TPSA) is 96.5 Å². The van der Waals surface area contributed by atoms with Crippen LogP contribution in [0.3, 0.4) is 0 Å². The minimum Gasteiger partial charge on any atom is -0.466 e. The molecule has 8 heteroatoms. The predicted octanol–water partition coefficient (Wildman–Crippen LogP) is 1.11. The van der Waals surface area contributed by atoms with Crippen LogP contribution >= 0.6 is 0 Å².